The van der Waals surface area contributed by atoms with Gasteiger partial charge < -0.3 is 9.73 Å². The highest BCUT2D eigenvalue weighted by atomic mass is 32.2. The Morgan fingerprint density at radius 1 is 1.07 bits per heavy atom. The van der Waals surface area contributed by atoms with E-state index in [0.29, 0.717) is 28.8 Å². The molecule has 0 saturated carbocycles. The number of carbonyl (C=O) groups excluding carboxylic acids is 1. The molecule has 0 aliphatic rings. The number of rotatable bonds is 7. The lowest BCUT2D eigenvalue weighted by Gasteiger charge is -2.05. The Balaban J connectivity index is 1.35. The molecule has 0 saturated heterocycles. The van der Waals surface area contributed by atoms with Crippen molar-refractivity contribution >= 4 is 23.3 Å². The molecule has 1 aromatic carbocycles. The fourth-order valence-electron chi connectivity index (χ4n) is 2.59. The number of amides is 1. The van der Waals surface area contributed by atoms with Gasteiger partial charge in [-0.25, -0.2) is 0 Å². The van der Waals surface area contributed by atoms with Crippen LogP contribution in [0.25, 0.3) is 17.1 Å². The van der Waals surface area contributed by atoms with Crippen LogP contribution < -0.4 is 5.32 Å². The third-order valence-corrected chi connectivity index (χ3v) is 4.84. The predicted octanol–water partition coefficient (Wildman–Crippen LogP) is 2.84. The number of benzene rings is 1. The van der Waals surface area contributed by atoms with Crippen molar-refractivity contribution in [3.05, 3.63) is 66.4 Å². The van der Waals surface area contributed by atoms with Crippen LogP contribution >= 0.6 is 11.8 Å². The molecule has 0 radical (unpaired) electrons. The second kappa shape index (κ2) is 8.05. The van der Waals surface area contributed by atoms with Crippen LogP contribution in [0.2, 0.25) is 0 Å². The van der Waals surface area contributed by atoms with Crippen molar-refractivity contribution in [1.29, 1.82) is 0 Å². The largest absolute Gasteiger partial charge is 0.463 e. The van der Waals surface area contributed by atoms with Crippen LogP contribution in [-0.4, -0.2) is 38.0 Å². The molecule has 1 N–H and O–H groups in total. The molecule has 1 amide bonds. The van der Waals surface area contributed by atoms with E-state index in [1.165, 1.54) is 17.3 Å². The van der Waals surface area contributed by atoms with Crippen molar-refractivity contribution in [3.63, 3.8) is 0 Å². The molecule has 7 nitrogen and oxygen atoms in total. The summed E-state index contributed by atoms with van der Waals surface area (Å²) in [6.07, 6.45) is 2.40. The Hall–Kier alpha value is -3.13. The van der Waals surface area contributed by atoms with Gasteiger partial charge in [-0.2, -0.15) is 9.61 Å². The van der Waals surface area contributed by atoms with Gasteiger partial charge in [-0.15, -0.1) is 10.2 Å². The van der Waals surface area contributed by atoms with E-state index in [-0.39, 0.29) is 11.7 Å². The van der Waals surface area contributed by atoms with E-state index in [9.17, 15) is 4.79 Å². The summed E-state index contributed by atoms with van der Waals surface area (Å²) in [5.41, 5.74) is 2.50. The molecule has 0 spiro atoms. The Morgan fingerprint density at radius 3 is 2.78 bits per heavy atom. The van der Waals surface area contributed by atoms with E-state index in [1.807, 2.05) is 54.6 Å². The lowest BCUT2D eigenvalue weighted by molar-refractivity contribution is -0.118. The molecule has 3 heterocycles. The number of aromatic nitrogens is 4. The molecule has 0 atom stereocenters. The summed E-state index contributed by atoms with van der Waals surface area (Å²) >= 11 is 1.30. The Bertz CT molecular complexity index is 1030. The van der Waals surface area contributed by atoms with Gasteiger partial charge >= 0.3 is 0 Å². The first-order chi connectivity index (χ1) is 13.3. The second-order valence-corrected chi connectivity index (χ2v) is 6.77. The SMILES string of the molecule is O=C(CSc1nnc2ccc(-c3ccco3)nn12)NCCc1ccccc1. The first-order valence-corrected chi connectivity index (χ1v) is 9.48. The summed E-state index contributed by atoms with van der Waals surface area (Å²) in [6, 6.07) is 17.4. The van der Waals surface area contributed by atoms with E-state index in [2.05, 4.69) is 20.6 Å². The summed E-state index contributed by atoms with van der Waals surface area (Å²) in [7, 11) is 0. The predicted molar refractivity (Wildman–Crippen MR) is 102 cm³/mol. The zero-order valence-corrected chi connectivity index (χ0v) is 15.2. The maximum Gasteiger partial charge on any atom is 0.230 e. The standard InChI is InChI=1S/C19H17N5O2S/c25-18(20-11-10-14-5-2-1-3-6-14)13-27-19-22-21-17-9-8-15(23-24(17)19)16-7-4-12-26-16/h1-9,12H,10-11,13H2,(H,20,25). The summed E-state index contributed by atoms with van der Waals surface area (Å²) in [5, 5.41) is 16.2. The molecule has 27 heavy (non-hydrogen) atoms. The van der Waals surface area contributed by atoms with Gasteiger partial charge in [0.1, 0.15) is 5.69 Å². The van der Waals surface area contributed by atoms with E-state index < -0.39 is 0 Å². The fourth-order valence-corrected chi connectivity index (χ4v) is 3.30. The van der Waals surface area contributed by atoms with Gasteiger partial charge in [-0.3, -0.25) is 4.79 Å². The Kier molecular flexibility index (Phi) is 5.15. The zero-order valence-electron chi connectivity index (χ0n) is 14.4. The molecular formula is C19H17N5O2S. The minimum atomic E-state index is -0.0464. The third kappa shape index (κ3) is 4.17. The molecular weight excluding hydrogens is 362 g/mol. The van der Waals surface area contributed by atoms with Gasteiger partial charge in [-0.05, 0) is 36.2 Å². The van der Waals surface area contributed by atoms with Crippen LogP contribution in [0.5, 0.6) is 0 Å². The minimum Gasteiger partial charge on any atom is -0.463 e. The van der Waals surface area contributed by atoms with E-state index in [1.54, 1.807) is 10.8 Å². The highest BCUT2D eigenvalue weighted by Gasteiger charge is 2.12. The number of furan rings is 1. The number of thioether (sulfide) groups is 1. The summed E-state index contributed by atoms with van der Waals surface area (Å²) < 4.78 is 7.00. The highest BCUT2D eigenvalue weighted by molar-refractivity contribution is 7.99. The van der Waals surface area contributed by atoms with Crippen LogP contribution in [0, 0.1) is 0 Å². The zero-order chi connectivity index (χ0) is 18.5. The number of nitrogens with zero attached hydrogens (tertiary/aromatic N) is 4. The number of nitrogens with one attached hydrogen (secondary N) is 1. The Morgan fingerprint density at radius 2 is 1.96 bits per heavy atom. The van der Waals surface area contributed by atoms with Crippen molar-refractivity contribution < 1.29 is 9.21 Å². The van der Waals surface area contributed by atoms with Crippen LogP contribution in [0.3, 0.4) is 0 Å². The number of hydrogen-bond acceptors (Lipinski definition) is 6. The van der Waals surface area contributed by atoms with Crippen molar-refractivity contribution in [2.75, 3.05) is 12.3 Å². The summed E-state index contributed by atoms with van der Waals surface area (Å²) in [6.45, 7) is 0.602. The smallest absolute Gasteiger partial charge is 0.230 e. The average Bonchev–Trinajstić information content (AvgIpc) is 3.37. The van der Waals surface area contributed by atoms with E-state index in [4.69, 9.17) is 4.42 Å². The molecule has 3 aromatic heterocycles. The topological polar surface area (TPSA) is 85.3 Å². The van der Waals surface area contributed by atoms with Gasteiger partial charge in [0, 0.05) is 6.54 Å². The molecule has 0 aliphatic carbocycles. The molecule has 0 aliphatic heterocycles. The molecule has 4 aromatic rings. The van der Waals surface area contributed by atoms with Gasteiger partial charge in [0.2, 0.25) is 11.1 Å². The lowest BCUT2D eigenvalue weighted by atomic mass is 10.1. The molecule has 0 fully saturated rings. The normalized spacial score (nSPS) is 11.0. The number of carbonyl (C=O) groups is 1. The molecule has 136 valence electrons. The first kappa shape index (κ1) is 17.3. The molecule has 0 bridgehead atoms. The monoisotopic (exact) mass is 379 g/mol. The molecule has 4 rings (SSSR count). The fraction of sp³-hybridized carbons (Fsp3) is 0.158. The van der Waals surface area contributed by atoms with Crippen molar-refractivity contribution in [2.45, 2.75) is 11.6 Å². The van der Waals surface area contributed by atoms with Gasteiger partial charge in [-0.1, -0.05) is 42.1 Å². The van der Waals surface area contributed by atoms with Gasteiger partial charge in [0.05, 0.1) is 12.0 Å². The average molecular weight is 379 g/mol. The molecule has 8 heteroatoms. The van der Waals surface area contributed by atoms with Gasteiger partial charge in [0.25, 0.3) is 0 Å². The quantitative estimate of drug-likeness (QED) is 0.497. The highest BCUT2D eigenvalue weighted by Crippen LogP contribution is 2.20. The number of hydrogen-bond donors (Lipinski definition) is 1. The first-order valence-electron chi connectivity index (χ1n) is 8.49. The van der Waals surface area contributed by atoms with E-state index in [0.717, 1.165) is 6.42 Å². The van der Waals surface area contributed by atoms with Crippen LogP contribution in [0.4, 0.5) is 0 Å². The van der Waals surface area contributed by atoms with Crippen molar-refractivity contribution in [2.24, 2.45) is 0 Å². The Labute approximate surface area is 159 Å². The van der Waals surface area contributed by atoms with Crippen LogP contribution in [0.1, 0.15) is 5.56 Å². The molecule has 0 unspecified atom stereocenters. The summed E-state index contributed by atoms with van der Waals surface area (Å²) in [5.74, 6) is 0.873. The van der Waals surface area contributed by atoms with Crippen molar-refractivity contribution in [3.8, 4) is 11.5 Å². The summed E-state index contributed by atoms with van der Waals surface area (Å²) in [4.78, 5) is 12.1. The van der Waals surface area contributed by atoms with Crippen LogP contribution in [-0.2, 0) is 11.2 Å². The maximum absolute atomic E-state index is 12.1. The lowest BCUT2D eigenvalue weighted by Crippen LogP contribution is -2.27. The van der Waals surface area contributed by atoms with E-state index >= 15 is 0 Å². The number of fused-ring (bicyclic) bond motifs is 1. The van der Waals surface area contributed by atoms with Gasteiger partial charge in [0.15, 0.2) is 11.4 Å². The van der Waals surface area contributed by atoms with Crippen LogP contribution in [0.15, 0.2) is 70.4 Å². The van der Waals surface area contributed by atoms with Crippen molar-refractivity contribution in [1.82, 2.24) is 25.1 Å². The second-order valence-electron chi connectivity index (χ2n) is 5.82. The minimum absolute atomic E-state index is 0.0464. The maximum atomic E-state index is 12.1. The third-order valence-electron chi connectivity index (χ3n) is 3.92.